The van der Waals surface area contributed by atoms with Crippen LogP contribution >= 0.6 is 12.4 Å². The summed E-state index contributed by atoms with van der Waals surface area (Å²) >= 11 is 0. The van der Waals surface area contributed by atoms with Gasteiger partial charge in [0.05, 0.1) is 11.9 Å². The Labute approximate surface area is 124 Å². The Morgan fingerprint density at radius 3 is 2.42 bits per heavy atom. The molecule has 3 aliphatic rings. The Morgan fingerprint density at radius 1 is 0.947 bits per heavy atom. The molecule has 0 radical (unpaired) electrons. The fraction of sp³-hybridized carbons (Fsp3) is 0.938. The van der Waals surface area contributed by atoms with E-state index in [0.29, 0.717) is 12.1 Å². The first-order valence-corrected chi connectivity index (χ1v) is 8.16. The molecule has 2 nitrogen and oxygen atoms in total. The molecule has 3 heteroatoms. The molecule has 0 amide bonds. The molecular weight excluding hydrogens is 256 g/mol. The predicted octanol–water partition coefficient (Wildman–Crippen LogP) is 4.33. The Hall–Kier alpha value is -0.240. The van der Waals surface area contributed by atoms with Crippen LogP contribution in [0.3, 0.4) is 0 Å². The first kappa shape index (κ1) is 15.2. The lowest BCUT2D eigenvalue weighted by Crippen LogP contribution is -2.28. The Bertz CT molecular complexity index is 310. The maximum absolute atomic E-state index is 5.09. The van der Waals surface area contributed by atoms with Gasteiger partial charge in [-0.2, -0.15) is 0 Å². The standard InChI is InChI=1S/C16H28N2.ClH/c1-12-10-11-16(17-12)18-15-9-5-8-14(15)13-6-3-2-4-7-13;/h12-15H,2-11H2,1H3,(H,17,18);1H/t12?,14-,15-;/m0./s1. The van der Waals surface area contributed by atoms with Gasteiger partial charge in [0.15, 0.2) is 0 Å². The average Bonchev–Trinajstić information content (AvgIpc) is 3.00. The number of hydrogen-bond acceptors (Lipinski definition) is 1. The molecule has 0 aromatic carbocycles. The van der Waals surface area contributed by atoms with E-state index in [4.69, 9.17) is 4.99 Å². The number of aliphatic imine (C=N–C) groups is 1. The van der Waals surface area contributed by atoms with Crippen molar-refractivity contribution < 1.29 is 0 Å². The third-order valence-corrected chi connectivity index (χ3v) is 5.34. The summed E-state index contributed by atoms with van der Waals surface area (Å²) in [5.74, 6) is 3.22. The summed E-state index contributed by atoms with van der Waals surface area (Å²) in [5, 5.41) is 3.55. The summed E-state index contributed by atoms with van der Waals surface area (Å²) in [7, 11) is 0. The third-order valence-electron chi connectivity index (χ3n) is 5.34. The minimum Gasteiger partial charge on any atom is -0.371 e. The van der Waals surface area contributed by atoms with E-state index >= 15 is 0 Å². The highest BCUT2D eigenvalue weighted by Crippen LogP contribution is 2.41. The Morgan fingerprint density at radius 2 is 1.74 bits per heavy atom. The van der Waals surface area contributed by atoms with Crippen molar-refractivity contribution in [3.05, 3.63) is 0 Å². The second-order valence-corrected chi connectivity index (χ2v) is 6.72. The molecule has 3 fully saturated rings. The molecule has 0 aromatic heterocycles. The zero-order chi connectivity index (χ0) is 12.4. The molecule has 1 saturated heterocycles. The highest BCUT2D eigenvalue weighted by Gasteiger charge is 2.34. The van der Waals surface area contributed by atoms with Crippen molar-refractivity contribution in [3.8, 4) is 0 Å². The molecule has 3 rings (SSSR count). The largest absolute Gasteiger partial charge is 0.371 e. The van der Waals surface area contributed by atoms with E-state index < -0.39 is 0 Å². The molecule has 19 heavy (non-hydrogen) atoms. The van der Waals surface area contributed by atoms with Gasteiger partial charge in [0, 0.05) is 12.5 Å². The van der Waals surface area contributed by atoms with Crippen LogP contribution in [0.25, 0.3) is 0 Å². The smallest absolute Gasteiger partial charge is 0.0969 e. The van der Waals surface area contributed by atoms with Gasteiger partial charge >= 0.3 is 0 Å². The highest BCUT2D eigenvalue weighted by atomic mass is 35.5. The molecule has 1 heterocycles. The fourth-order valence-corrected chi connectivity index (χ4v) is 4.33. The molecule has 2 aliphatic carbocycles. The number of halogens is 1. The summed E-state index contributed by atoms with van der Waals surface area (Å²) in [6.07, 6.45) is 14.1. The molecule has 0 bridgehead atoms. The quantitative estimate of drug-likeness (QED) is 0.802. The molecule has 2 saturated carbocycles. The van der Waals surface area contributed by atoms with Gasteiger partial charge in [0.25, 0.3) is 0 Å². The van der Waals surface area contributed by atoms with Crippen molar-refractivity contribution in [3.63, 3.8) is 0 Å². The zero-order valence-corrected chi connectivity index (χ0v) is 13.1. The first-order valence-electron chi connectivity index (χ1n) is 8.16. The van der Waals surface area contributed by atoms with E-state index in [0.717, 1.165) is 11.8 Å². The number of amidine groups is 1. The van der Waals surface area contributed by atoms with Crippen molar-refractivity contribution >= 4 is 18.2 Å². The molecule has 0 spiro atoms. The highest BCUT2D eigenvalue weighted by molar-refractivity contribution is 5.85. The van der Waals surface area contributed by atoms with Gasteiger partial charge in [-0.15, -0.1) is 12.4 Å². The number of nitrogens with one attached hydrogen (secondary N) is 1. The van der Waals surface area contributed by atoms with E-state index in [-0.39, 0.29) is 12.4 Å². The van der Waals surface area contributed by atoms with Crippen molar-refractivity contribution in [1.82, 2.24) is 5.32 Å². The van der Waals surface area contributed by atoms with Gasteiger partial charge in [-0.1, -0.05) is 38.5 Å². The summed E-state index contributed by atoms with van der Waals surface area (Å²) < 4.78 is 0. The minimum absolute atomic E-state index is 0. The third kappa shape index (κ3) is 3.65. The zero-order valence-electron chi connectivity index (χ0n) is 12.2. The van der Waals surface area contributed by atoms with E-state index in [9.17, 15) is 0 Å². The van der Waals surface area contributed by atoms with E-state index in [1.807, 2.05) is 0 Å². The predicted molar refractivity (Wildman–Crippen MR) is 84.2 cm³/mol. The lowest BCUT2D eigenvalue weighted by molar-refractivity contribution is 0.235. The maximum Gasteiger partial charge on any atom is 0.0969 e. The molecule has 0 aromatic rings. The van der Waals surface area contributed by atoms with Crippen molar-refractivity contribution in [2.45, 2.75) is 83.2 Å². The van der Waals surface area contributed by atoms with Crippen LogP contribution in [0.2, 0.25) is 0 Å². The van der Waals surface area contributed by atoms with Gasteiger partial charge < -0.3 is 5.32 Å². The molecule has 1 N–H and O–H groups in total. The van der Waals surface area contributed by atoms with Crippen LogP contribution in [0.1, 0.15) is 71.1 Å². The van der Waals surface area contributed by atoms with E-state index in [1.165, 1.54) is 70.0 Å². The summed E-state index contributed by atoms with van der Waals surface area (Å²) in [6.45, 7) is 2.27. The van der Waals surface area contributed by atoms with E-state index in [1.54, 1.807) is 0 Å². The SMILES string of the molecule is CC1CC/C(=N\[C@H]2CCC[C@H]2C2CCCCC2)N1.Cl. The van der Waals surface area contributed by atoms with Crippen molar-refractivity contribution in [1.29, 1.82) is 0 Å². The molecule has 1 unspecified atom stereocenters. The first-order chi connectivity index (χ1) is 8.83. The van der Waals surface area contributed by atoms with Crippen molar-refractivity contribution in [2.24, 2.45) is 16.8 Å². The topological polar surface area (TPSA) is 24.4 Å². The molecule has 3 atom stereocenters. The molecule has 1 aliphatic heterocycles. The van der Waals surface area contributed by atoms with Crippen LogP contribution in [0.4, 0.5) is 0 Å². The Balaban J connectivity index is 0.00000133. The normalized spacial score (nSPS) is 38.2. The van der Waals surface area contributed by atoms with Crippen LogP contribution in [0, 0.1) is 11.8 Å². The van der Waals surface area contributed by atoms with Crippen molar-refractivity contribution in [2.75, 3.05) is 0 Å². The minimum atomic E-state index is 0. The second-order valence-electron chi connectivity index (χ2n) is 6.72. The molecular formula is C16H29ClN2. The van der Waals surface area contributed by atoms with Crippen LogP contribution in [0.15, 0.2) is 4.99 Å². The average molecular weight is 285 g/mol. The van der Waals surface area contributed by atoms with Gasteiger partial charge in [0.2, 0.25) is 0 Å². The molecule has 110 valence electrons. The van der Waals surface area contributed by atoms with Gasteiger partial charge in [-0.25, -0.2) is 0 Å². The fourth-order valence-electron chi connectivity index (χ4n) is 4.33. The van der Waals surface area contributed by atoms with Gasteiger partial charge in [-0.05, 0) is 38.0 Å². The number of nitrogens with zero attached hydrogens (tertiary/aromatic N) is 1. The lowest BCUT2D eigenvalue weighted by atomic mass is 9.78. The van der Waals surface area contributed by atoms with E-state index in [2.05, 4.69) is 12.2 Å². The summed E-state index contributed by atoms with van der Waals surface area (Å²) in [5.41, 5.74) is 0. The summed E-state index contributed by atoms with van der Waals surface area (Å²) in [4.78, 5) is 5.09. The van der Waals surface area contributed by atoms with Crippen LogP contribution in [-0.4, -0.2) is 17.9 Å². The monoisotopic (exact) mass is 284 g/mol. The second kappa shape index (κ2) is 6.97. The lowest BCUT2D eigenvalue weighted by Gasteiger charge is -2.30. The van der Waals surface area contributed by atoms with Crippen LogP contribution in [0.5, 0.6) is 0 Å². The van der Waals surface area contributed by atoms with Gasteiger partial charge in [-0.3, -0.25) is 4.99 Å². The maximum atomic E-state index is 5.09. The Kier molecular flexibility index (Phi) is 5.56. The van der Waals surface area contributed by atoms with Crippen LogP contribution in [-0.2, 0) is 0 Å². The number of rotatable bonds is 2. The van der Waals surface area contributed by atoms with Gasteiger partial charge in [0.1, 0.15) is 0 Å². The van der Waals surface area contributed by atoms with Crippen LogP contribution < -0.4 is 5.32 Å². The summed E-state index contributed by atoms with van der Waals surface area (Å²) in [6, 6.07) is 1.30. The number of hydrogen-bond donors (Lipinski definition) is 1.